The average Bonchev–Trinajstić information content (AvgIpc) is 2.66. The van der Waals surface area contributed by atoms with Crippen molar-refractivity contribution in [1.29, 1.82) is 0 Å². The fraction of sp³-hybridized carbons (Fsp3) is 0.111. The number of alkyl halides is 6. The monoisotopic (exact) mass is 463 g/mol. The van der Waals surface area contributed by atoms with E-state index in [0.29, 0.717) is 5.56 Å². The highest BCUT2D eigenvalue weighted by Gasteiger charge is 2.38. The quantitative estimate of drug-likeness (QED) is 0.548. The summed E-state index contributed by atoms with van der Waals surface area (Å²) in [6.45, 7) is 0. The second kappa shape index (κ2) is 7.72. The highest BCUT2D eigenvalue weighted by molar-refractivity contribution is 7.92. The van der Waals surface area contributed by atoms with Gasteiger partial charge in [-0.2, -0.15) is 26.3 Å². The van der Waals surface area contributed by atoms with E-state index in [4.69, 9.17) is 0 Å². The van der Waals surface area contributed by atoms with Gasteiger partial charge >= 0.3 is 12.4 Å². The lowest BCUT2D eigenvalue weighted by Crippen LogP contribution is -2.17. The van der Waals surface area contributed by atoms with Crippen LogP contribution >= 0.6 is 0 Å². The highest BCUT2D eigenvalue weighted by atomic mass is 32.2. The second-order valence-corrected chi connectivity index (χ2v) is 7.88. The van der Waals surface area contributed by atoms with Gasteiger partial charge in [-0.1, -0.05) is 12.1 Å². The molecule has 1 aromatic heterocycles. The number of hydrogen-bond donors (Lipinski definition) is 2. The lowest BCUT2D eigenvalue weighted by Gasteiger charge is -2.15. The predicted octanol–water partition coefficient (Wildman–Crippen LogP) is 4.69. The van der Waals surface area contributed by atoms with Crippen LogP contribution in [0.4, 0.5) is 32.0 Å². The number of nitrogens with zero attached hydrogens (tertiary/aromatic N) is 2. The van der Waals surface area contributed by atoms with Crippen LogP contribution in [0.2, 0.25) is 0 Å². The molecule has 0 atom stereocenters. The molecular formula is C18H11F6N3O3S. The molecule has 0 aliphatic carbocycles. The molecule has 2 N–H and O–H groups in total. The fourth-order valence-electron chi connectivity index (χ4n) is 2.47. The number of sulfonamides is 1. The van der Waals surface area contributed by atoms with Crippen molar-refractivity contribution in [3.63, 3.8) is 0 Å². The lowest BCUT2D eigenvalue weighted by atomic mass is 10.1. The van der Waals surface area contributed by atoms with Gasteiger partial charge in [0.2, 0.25) is 0 Å². The molecule has 31 heavy (non-hydrogen) atoms. The summed E-state index contributed by atoms with van der Waals surface area (Å²) in [5.74, 6) is 0.0215. The average molecular weight is 463 g/mol. The Morgan fingerprint density at radius 1 is 0.839 bits per heavy atom. The minimum absolute atomic E-state index is 0.0732. The molecule has 0 aliphatic heterocycles. The number of phenols is 1. The zero-order valence-corrected chi connectivity index (χ0v) is 15.8. The van der Waals surface area contributed by atoms with E-state index in [1.807, 2.05) is 4.72 Å². The van der Waals surface area contributed by atoms with E-state index in [2.05, 4.69) is 9.97 Å². The van der Waals surface area contributed by atoms with Crippen LogP contribution in [0.5, 0.6) is 5.75 Å². The summed E-state index contributed by atoms with van der Waals surface area (Å²) in [7, 11) is -4.83. The van der Waals surface area contributed by atoms with Crippen LogP contribution in [0.3, 0.4) is 0 Å². The van der Waals surface area contributed by atoms with E-state index in [-0.39, 0.29) is 35.5 Å². The number of anilines is 1. The summed E-state index contributed by atoms with van der Waals surface area (Å²) in [6, 6.07) is 5.82. The maximum absolute atomic E-state index is 13.0. The third kappa shape index (κ3) is 5.23. The zero-order valence-electron chi connectivity index (χ0n) is 15.0. The maximum atomic E-state index is 13.0. The first-order chi connectivity index (χ1) is 14.3. The number of aromatic hydroxyl groups is 1. The van der Waals surface area contributed by atoms with E-state index in [1.165, 1.54) is 18.2 Å². The molecule has 0 saturated carbocycles. The molecule has 1 heterocycles. The Morgan fingerprint density at radius 2 is 1.39 bits per heavy atom. The number of benzene rings is 2. The highest BCUT2D eigenvalue weighted by Crippen LogP contribution is 2.37. The van der Waals surface area contributed by atoms with Gasteiger partial charge in [-0.05, 0) is 30.3 Å². The largest absolute Gasteiger partial charge is 0.508 e. The molecule has 0 amide bonds. The normalized spacial score (nSPS) is 12.6. The van der Waals surface area contributed by atoms with Gasteiger partial charge in [-0.3, -0.25) is 4.72 Å². The van der Waals surface area contributed by atoms with Crippen LogP contribution in [0.25, 0.3) is 11.4 Å². The molecule has 0 aliphatic rings. The molecule has 0 bridgehead atoms. The van der Waals surface area contributed by atoms with Crippen LogP contribution in [0.1, 0.15) is 11.1 Å². The summed E-state index contributed by atoms with van der Waals surface area (Å²) < 4.78 is 104. The van der Waals surface area contributed by atoms with Gasteiger partial charge < -0.3 is 5.11 Å². The smallest absolute Gasteiger partial charge is 0.416 e. The van der Waals surface area contributed by atoms with Crippen LogP contribution in [-0.2, 0) is 22.4 Å². The molecule has 3 aromatic rings. The third-order valence-electron chi connectivity index (χ3n) is 3.88. The minimum Gasteiger partial charge on any atom is -0.508 e. The maximum Gasteiger partial charge on any atom is 0.416 e. The van der Waals surface area contributed by atoms with Crippen molar-refractivity contribution in [3.8, 4) is 17.1 Å². The molecule has 0 fully saturated rings. The Hall–Kier alpha value is -3.35. The van der Waals surface area contributed by atoms with Crippen molar-refractivity contribution < 1.29 is 39.9 Å². The van der Waals surface area contributed by atoms with E-state index in [0.717, 1.165) is 12.4 Å². The summed E-state index contributed by atoms with van der Waals surface area (Å²) in [5, 5.41) is 9.46. The van der Waals surface area contributed by atoms with Crippen molar-refractivity contribution in [1.82, 2.24) is 9.97 Å². The van der Waals surface area contributed by atoms with Crippen molar-refractivity contribution in [2.45, 2.75) is 17.2 Å². The first-order valence-electron chi connectivity index (χ1n) is 8.19. The number of aromatic nitrogens is 2. The molecule has 164 valence electrons. The standard InChI is InChI=1S/C18H11F6N3O3S/c19-17(20,21)11-5-12(18(22,23)24)7-15(6-11)31(29,30)27-13-8-25-16(26-9-13)10-2-1-3-14(28)4-10/h1-9,27-28H. The van der Waals surface area contributed by atoms with Crippen LogP contribution in [0.15, 0.2) is 59.8 Å². The minimum atomic E-state index is -5.20. The molecule has 0 saturated heterocycles. The second-order valence-electron chi connectivity index (χ2n) is 6.19. The number of nitrogens with one attached hydrogen (secondary N) is 1. The lowest BCUT2D eigenvalue weighted by molar-refractivity contribution is -0.143. The van der Waals surface area contributed by atoms with Gasteiger partial charge in [0, 0.05) is 5.56 Å². The number of phenolic OH excluding ortho intramolecular Hbond substituents is 1. The van der Waals surface area contributed by atoms with Crippen molar-refractivity contribution in [3.05, 3.63) is 66.0 Å². The van der Waals surface area contributed by atoms with E-state index in [1.54, 1.807) is 6.07 Å². The SMILES string of the molecule is O=S(=O)(Nc1cnc(-c2cccc(O)c2)nc1)c1cc(C(F)(F)F)cc(C(F)(F)F)c1. The Morgan fingerprint density at radius 3 is 1.87 bits per heavy atom. The van der Waals surface area contributed by atoms with Gasteiger partial charge in [0.05, 0.1) is 34.1 Å². The Kier molecular flexibility index (Phi) is 5.56. The van der Waals surface area contributed by atoms with Gasteiger partial charge in [0.1, 0.15) is 5.75 Å². The summed E-state index contributed by atoms with van der Waals surface area (Å²) in [5.41, 5.74) is -3.44. The van der Waals surface area contributed by atoms with Gasteiger partial charge in [0.15, 0.2) is 5.82 Å². The fourth-order valence-corrected chi connectivity index (χ4v) is 3.57. The number of rotatable bonds is 4. The van der Waals surface area contributed by atoms with Crippen LogP contribution < -0.4 is 4.72 Å². The van der Waals surface area contributed by atoms with Crippen molar-refractivity contribution in [2.24, 2.45) is 0 Å². The van der Waals surface area contributed by atoms with Gasteiger partial charge in [-0.15, -0.1) is 0 Å². The van der Waals surface area contributed by atoms with Gasteiger partial charge in [0.25, 0.3) is 10.0 Å². The molecule has 13 heteroatoms. The third-order valence-corrected chi connectivity index (χ3v) is 5.24. The van der Waals surface area contributed by atoms with Crippen LogP contribution in [-0.4, -0.2) is 23.5 Å². The Labute approximate surface area is 171 Å². The molecule has 6 nitrogen and oxygen atoms in total. The zero-order chi connectivity index (χ0) is 23.0. The molecule has 0 spiro atoms. The van der Waals surface area contributed by atoms with Crippen molar-refractivity contribution in [2.75, 3.05) is 4.72 Å². The Balaban J connectivity index is 1.95. The summed E-state index contributed by atoms with van der Waals surface area (Å²) in [4.78, 5) is 6.51. The first kappa shape index (κ1) is 22.3. The summed E-state index contributed by atoms with van der Waals surface area (Å²) >= 11 is 0. The van der Waals surface area contributed by atoms with E-state index in [9.17, 15) is 39.9 Å². The molecule has 3 rings (SSSR count). The first-order valence-corrected chi connectivity index (χ1v) is 9.68. The summed E-state index contributed by atoms with van der Waals surface area (Å²) in [6.07, 6.45) is -8.44. The molecular weight excluding hydrogens is 452 g/mol. The molecule has 2 aromatic carbocycles. The number of hydrogen-bond acceptors (Lipinski definition) is 5. The molecule has 0 radical (unpaired) electrons. The predicted molar refractivity (Wildman–Crippen MR) is 96.4 cm³/mol. The van der Waals surface area contributed by atoms with Gasteiger partial charge in [-0.25, -0.2) is 18.4 Å². The number of halogens is 6. The Bertz CT molecular complexity index is 1180. The van der Waals surface area contributed by atoms with E-state index >= 15 is 0 Å². The molecule has 0 unspecified atom stereocenters. The van der Waals surface area contributed by atoms with E-state index < -0.39 is 38.4 Å². The topological polar surface area (TPSA) is 92.2 Å². The van der Waals surface area contributed by atoms with Crippen molar-refractivity contribution >= 4 is 15.7 Å². The van der Waals surface area contributed by atoms with Crippen LogP contribution in [0, 0.1) is 0 Å².